The number of hydrogen-bond donors (Lipinski definition) is 0. The normalized spacial score (nSPS) is 16.0. The Kier molecular flexibility index (Phi) is 7.23. The number of allylic oxidation sites excluding steroid dienone is 1. The molecule has 1 heterocycles. The molecule has 1 unspecified atom stereocenters. The van der Waals surface area contributed by atoms with Crippen LogP contribution >= 0.6 is 0 Å². The molecule has 4 heteroatoms. The molecule has 0 bridgehead atoms. The molecule has 0 radical (unpaired) electrons. The summed E-state index contributed by atoms with van der Waals surface area (Å²) in [7, 11) is 0. The Balaban J connectivity index is 2.06. The molecule has 4 nitrogen and oxygen atoms in total. The Morgan fingerprint density at radius 3 is 2.80 bits per heavy atom. The molecule has 1 aliphatic rings. The molecule has 0 spiro atoms. The van der Waals surface area contributed by atoms with E-state index in [0.717, 1.165) is 18.5 Å². The Labute approximate surface area is 121 Å². The highest BCUT2D eigenvalue weighted by Crippen LogP contribution is 2.15. The summed E-state index contributed by atoms with van der Waals surface area (Å²) in [5, 5.41) is 0. The molecule has 0 aromatic heterocycles. The first kappa shape index (κ1) is 16.6. The molecule has 1 aliphatic heterocycles. The fourth-order valence-corrected chi connectivity index (χ4v) is 2.01. The minimum Gasteiger partial charge on any atom is -0.381 e. The SMILES string of the molecule is C=C1C=CC(=O)N1CCC(C)COCCCC(=O)CC. The van der Waals surface area contributed by atoms with Crippen LogP contribution in [-0.2, 0) is 14.3 Å². The number of ketones is 1. The molecule has 0 aromatic rings. The van der Waals surface area contributed by atoms with Crippen LogP contribution in [0.1, 0.15) is 39.5 Å². The minimum atomic E-state index is 0.0150. The maximum atomic E-state index is 11.5. The van der Waals surface area contributed by atoms with Crippen molar-refractivity contribution in [1.82, 2.24) is 4.90 Å². The number of rotatable bonds is 10. The fourth-order valence-electron chi connectivity index (χ4n) is 2.01. The lowest BCUT2D eigenvalue weighted by molar-refractivity contribution is -0.123. The zero-order chi connectivity index (χ0) is 15.0. The van der Waals surface area contributed by atoms with Crippen molar-refractivity contribution < 1.29 is 14.3 Å². The van der Waals surface area contributed by atoms with Gasteiger partial charge < -0.3 is 9.64 Å². The van der Waals surface area contributed by atoms with E-state index < -0.39 is 0 Å². The molecule has 112 valence electrons. The Morgan fingerprint density at radius 2 is 2.20 bits per heavy atom. The number of ether oxygens (including phenoxy) is 1. The van der Waals surface area contributed by atoms with Gasteiger partial charge in [-0.25, -0.2) is 0 Å². The number of hydrogen-bond acceptors (Lipinski definition) is 3. The van der Waals surface area contributed by atoms with Gasteiger partial charge in [-0.1, -0.05) is 20.4 Å². The summed E-state index contributed by atoms with van der Waals surface area (Å²) in [4.78, 5) is 24.3. The summed E-state index contributed by atoms with van der Waals surface area (Å²) in [6, 6.07) is 0. The highest BCUT2D eigenvalue weighted by atomic mass is 16.5. The molecule has 0 saturated heterocycles. The standard InChI is InChI=1S/C16H25NO3/c1-4-15(18)6-5-11-20-12-13(2)9-10-17-14(3)7-8-16(17)19/h7-8,13H,3-6,9-12H2,1-2H3. The van der Waals surface area contributed by atoms with Crippen molar-refractivity contribution in [3.8, 4) is 0 Å². The van der Waals surface area contributed by atoms with E-state index in [1.165, 1.54) is 0 Å². The smallest absolute Gasteiger partial charge is 0.251 e. The maximum Gasteiger partial charge on any atom is 0.251 e. The van der Waals surface area contributed by atoms with Gasteiger partial charge in [0.15, 0.2) is 0 Å². The summed E-state index contributed by atoms with van der Waals surface area (Å²) >= 11 is 0. The lowest BCUT2D eigenvalue weighted by Crippen LogP contribution is -2.26. The lowest BCUT2D eigenvalue weighted by Gasteiger charge is -2.19. The van der Waals surface area contributed by atoms with Crippen LogP contribution in [-0.4, -0.2) is 36.3 Å². The molecular weight excluding hydrogens is 254 g/mol. The topological polar surface area (TPSA) is 46.6 Å². The van der Waals surface area contributed by atoms with E-state index in [9.17, 15) is 9.59 Å². The van der Waals surface area contributed by atoms with Crippen molar-refractivity contribution in [2.45, 2.75) is 39.5 Å². The van der Waals surface area contributed by atoms with Gasteiger partial charge in [0.05, 0.1) is 0 Å². The maximum absolute atomic E-state index is 11.5. The average molecular weight is 279 g/mol. The van der Waals surface area contributed by atoms with E-state index in [2.05, 4.69) is 13.5 Å². The van der Waals surface area contributed by atoms with Gasteiger partial charge in [-0.3, -0.25) is 9.59 Å². The van der Waals surface area contributed by atoms with E-state index >= 15 is 0 Å². The average Bonchev–Trinajstić information content (AvgIpc) is 2.75. The van der Waals surface area contributed by atoms with Crippen LogP contribution in [0.4, 0.5) is 0 Å². The van der Waals surface area contributed by atoms with Crippen molar-refractivity contribution >= 4 is 11.7 Å². The third-order valence-corrected chi connectivity index (χ3v) is 3.42. The Morgan fingerprint density at radius 1 is 1.45 bits per heavy atom. The first-order chi connectivity index (χ1) is 9.54. The van der Waals surface area contributed by atoms with Gasteiger partial charge in [0.1, 0.15) is 5.78 Å². The predicted octanol–water partition coefficient (Wildman–Crippen LogP) is 2.70. The van der Waals surface area contributed by atoms with E-state index in [-0.39, 0.29) is 5.91 Å². The first-order valence-corrected chi connectivity index (χ1v) is 7.32. The van der Waals surface area contributed by atoms with Gasteiger partial charge in [-0.2, -0.15) is 0 Å². The number of carbonyl (C=O) groups excluding carboxylic acids is 2. The van der Waals surface area contributed by atoms with Gasteiger partial charge in [-0.15, -0.1) is 0 Å². The monoisotopic (exact) mass is 279 g/mol. The molecule has 1 rings (SSSR count). The fraction of sp³-hybridized carbons (Fsp3) is 0.625. The number of amides is 1. The highest BCUT2D eigenvalue weighted by Gasteiger charge is 2.18. The van der Waals surface area contributed by atoms with E-state index in [4.69, 9.17) is 4.74 Å². The third-order valence-electron chi connectivity index (χ3n) is 3.42. The molecule has 0 saturated carbocycles. The minimum absolute atomic E-state index is 0.0150. The molecule has 0 aromatic carbocycles. The van der Waals surface area contributed by atoms with E-state index in [1.807, 2.05) is 6.92 Å². The van der Waals surface area contributed by atoms with Crippen molar-refractivity contribution in [2.75, 3.05) is 19.8 Å². The van der Waals surface area contributed by atoms with Crippen LogP contribution in [0.3, 0.4) is 0 Å². The van der Waals surface area contributed by atoms with Crippen molar-refractivity contribution in [2.24, 2.45) is 5.92 Å². The number of Topliss-reactive ketones (excluding diaryl/α,β-unsaturated/α-hetero) is 1. The highest BCUT2D eigenvalue weighted by molar-refractivity contribution is 5.92. The van der Waals surface area contributed by atoms with E-state index in [0.29, 0.717) is 44.3 Å². The first-order valence-electron chi connectivity index (χ1n) is 7.32. The van der Waals surface area contributed by atoms with Crippen molar-refractivity contribution in [3.05, 3.63) is 24.4 Å². The Hall–Kier alpha value is -1.42. The lowest BCUT2D eigenvalue weighted by atomic mass is 10.1. The Bertz CT molecular complexity index is 369. The van der Waals surface area contributed by atoms with Crippen LogP contribution < -0.4 is 0 Å². The third kappa shape index (κ3) is 5.70. The number of carbonyl (C=O) groups is 2. The summed E-state index contributed by atoms with van der Waals surface area (Å²) in [5.41, 5.74) is 0.765. The van der Waals surface area contributed by atoms with E-state index in [1.54, 1.807) is 17.1 Å². The van der Waals surface area contributed by atoms with Crippen molar-refractivity contribution in [1.29, 1.82) is 0 Å². The largest absolute Gasteiger partial charge is 0.381 e. The van der Waals surface area contributed by atoms with Gasteiger partial charge in [0.2, 0.25) is 0 Å². The summed E-state index contributed by atoms with van der Waals surface area (Å²) in [6.07, 6.45) is 6.20. The summed E-state index contributed by atoms with van der Waals surface area (Å²) < 4.78 is 5.57. The van der Waals surface area contributed by atoms with Crippen LogP contribution in [0.15, 0.2) is 24.4 Å². The zero-order valence-corrected chi connectivity index (χ0v) is 12.6. The van der Waals surface area contributed by atoms with Crippen LogP contribution in [0.5, 0.6) is 0 Å². The van der Waals surface area contributed by atoms with Gasteiger partial charge >= 0.3 is 0 Å². The van der Waals surface area contributed by atoms with Crippen molar-refractivity contribution in [3.63, 3.8) is 0 Å². The van der Waals surface area contributed by atoms with Gasteiger partial charge in [0.25, 0.3) is 5.91 Å². The van der Waals surface area contributed by atoms with Crippen LogP contribution in [0.2, 0.25) is 0 Å². The molecule has 0 fully saturated rings. The van der Waals surface area contributed by atoms with Crippen LogP contribution in [0, 0.1) is 5.92 Å². The molecule has 1 atom stereocenters. The molecule has 0 aliphatic carbocycles. The van der Waals surface area contributed by atoms with Gasteiger partial charge in [0, 0.05) is 44.4 Å². The second-order valence-corrected chi connectivity index (χ2v) is 5.28. The second kappa shape index (κ2) is 8.69. The molecule has 1 amide bonds. The molecule has 20 heavy (non-hydrogen) atoms. The quantitative estimate of drug-likeness (QED) is 0.578. The molecular formula is C16H25NO3. The van der Waals surface area contributed by atoms with Crippen LogP contribution in [0.25, 0.3) is 0 Å². The second-order valence-electron chi connectivity index (χ2n) is 5.28. The summed E-state index contributed by atoms with van der Waals surface area (Å²) in [6.45, 7) is 9.80. The number of nitrogens with zero attached hydrogens (tertiary/aromatic N) is 1. The predicted molar refractivity (Wildman–Crippen MR) is 79.1 cm³/mol. The summed E-state index contributed by atoms with van der Waals surface area (Å²) in [5.74, 6) is 0.694. The van der Waals surface area contributed by atoms with Gasteiger partial charge in [-0.05, 0) is 24.8 Å². The zero-order valence-electron chi connectivity index (χ0n) is 12.6. The molecule has 0 N–H and O–H groups in total.